The van der Waals surface area contributed by atoms with Crippen LogP contribution in [0.15, 0.2) is 18.2 Å². The summed E-state index contributed by atoms with van der Waals surface area (Å²) in [4.78, 5) is 51.5. The molecule has 0 aliphatic carbocycles. The number of nitrogens with zero attached hydrogens (tertiary/aromatic N) is 1. The van der Waals surface area contributed by atoms with Gasteiger partial charge in [-0.2, -0.15) is 0 Å². The molecule has 0 spiro atoms. The number of carboxylic acid groups (broad SMARTS) is 1. The van der Waals surface area contributed by atoms with Crippen LogP contribution >= 0.6 is 7.82 Å². The van der Waals surface area contributed by atoms with E-state index in [9.17, 15) is 24.3 Å². The average molecular weight is 448 g/mol. The molecular formula is C17H25N2O10P. The number of benzene rings is 1. The third kappa shape index (κ3) is 9.21. The van der Waals surface area contributed by atoms with Gasteiger partial charge in [-0.3, -0.25) is 24.7 Å². The number of carbonyl (C=O) groups is 2. The van der Waals surface area contributed by atoms with Crippen LogP contribution in [0.1, 0.15) is 39.7 Å². The van der Waals surface area contributed by atoms with Crippen LogP contribution in [-0.2, 0) is 20.5 Å². The molecule has 30 heavy (non-hydrogen) atoms. The number of rotatable bonds is 9. The van der Waals surface area contributed by atoms with Gasteiger partial charge in [-0.25, -0.2) is 9.36 Å². The predicted octanol–water partition coefficient (Wildman–Crippen LogP) is 2.61. The zero-order chi connectivity index (χ0) is 23.3. The molecule has 0 radical (unpaired) electrons. The van der Waals surface area contributed by atoms with Crippen LogP contribution in [-0.4, -0.2) is 43.5 Å². The molecule has 0 bridgehead atoms. The first-order valence-electron chi connectivity index (χ1n) is 8.82. The summed E-state index contributed by atoms with van der Waals surface area (Å²) in [6.07, 6.45) is -0.752. The van der Waals surface area contributed by atoms with Gasteiger partial charge in [-0.05, 0) is 45.2 Å². The molecule has 4 N–H and O–H groups in total. The van der Waals surface area contributed by atoms with Gasteiger partial charge in [0.25, 0.3) is 0 Å². The minimum atomic E-state index is -5.01. The van der Waals surface area contributed by atoms with E-state index < -0.39 is 53.8 Å². The van der Waals surface area contributed by atoms with Gasteiger partial charge in [0, 0.05) is 12.1 Å². The van der Waals surface area contributed by atoms with E-state index in [2.05, 4.69) is 9.84 Å². The Morgan fingerprint density at radius 1 is 1.30 bits per heavy atom. The Bertz CT molecular complexity index is 845. The maximum atomic E-state index is 12.1. The maximum Gasteiger partial charge on any atom is 0.525 e. The fourth-order valence-corrected chi connectivity index (χ4v) is 2.93. The number of aliphatic carboxylic acids is 1. The van der Waals surface area contributed by atoms with Gasteiger partial charge in [0.2, 0.25) is 5.75 Å². The molecule has 1 rings (SSSR count). The lowest BCUT2D eigenvalue weighted by Gasteiger charge is -2.24. The summed E-state index contributed by atoms with van der Waals surface area (Å²) in [6.45, 7) is 6.42. The van der Waals surface area contributed by atoms with Crippen molar-refractivity contribution in [1.29, 1.82) is 0 Å². The lowest BCUT2D eigenvalue weighted by atomic mass is 9.96. The van der Waals surface area contributed by atoms with Crippen LogP contribution in [0.4, 0.5) is 10.5 Å². The number of nitrogens with one attached hydrogen (secondary N) is 1. The Labute approximate surface area is 172 Å². The van der Waals surface area contributed by atoms with E-state index in [1.54, 1.807) is 20.8 Å². The summed E-state index contributed by atoms with van der Waals surface area (Å²) in [5.74, 6) is -2.52. The number of carboxylic acids is 1. The van der Waals surface area contributed by atoms with Crippen molar-refractivity contribution in [2.24, 2.45) is 5.92 Å². The average Bonchev–Trinajstić information content (AvgIpc) is 2.52. The number of hydrogen-bond acceptors (Lipinski definition) is 7. The van der Waals surface area contributed by atoms with Crippen LogP contribution in [0.5, 0.6) is 5.75 Å². The highest BCUT2D eigenvalue weighted by molar-refractivity contribution is 7.46. The van der Waals surface area contributed by atoms with Gasteiger partial charge < -0.3 is 19.7 Å². The first kappa shape index (κ1) is 25.3. The van der Waals surface area contributed by atoms with Crippen LogP contribution in [0, 0.1) is 16.0 Å². The summed E-state index contributed by atoms with van der Waals surface area (Å²) in [7, 11) is -5.01. The Kier molecular flexibility index (Phi) is 8.34. The minimum Gasteiger partial charge on any atom is -0.481 e. The number of amides is 1. The van der Waals surface area contributed by atoms with Gasteiger partial charge in [0.15, 0.2) is 0 Å². The van der Waals surface area contributed by atoms with Gasteiger partial charge in [-0.15, -0.1) is 0 Å². The maximum absolute atomic E-state index is 12.1. The van der Waals surface area contributed by atoms with Crippen LogP contribution in [0.3, 0.4) is 0 Å². The summed E-state index contributed by atoms with van der Waals surface area (Å²) in [5.41, 5.74) is -1.15. The normalized spacial score (nSPS) is 13.8. The van der Waals surface area contributed by atoms with E-state index >= 15 is 0 Å². The van der Waals surface area contributed by atoms with Crippen molar-refractivity contribution in [3.8, 4) is 5.75 Å². The standard InChI is InChI=1S/C17H25N2O10P/c1-10(15(20)21)7-12(18-16(22)28-17(2,3)4)8-11-5-6-14(29-30(25,26)27)13(9-11)19(23)24/h5-6,9-10,12H,7-8H2,1-4H3,(H,18,22)(H,20,21)(H2,25,26,27). The van der Waals surface area contributed by atoms with Crippen molar-refractivity contribution in [2.45, 2.75) is 52.2 Å². The van der Waals surface area contributed by atoms with Gasteiger partial charge >= 0.3 is 25.6 Å². The van der Waals surface area contributed by atoms with Gasteiger partial charge in [0.1, 0.15) is 5.60 Å². The molecule has 12 nitrogen and oxygen atoms in total. The summed E-state index contributed by atoms with van der Waals surface area (Å²) in [6, 6.07) is 2.66. The minimum absolute atomic E-state index is 0.00783. The lowest BCUT2D eigenvalue weighted by Crippen LogP contribution is -2.41. The molecule has 0 heterocycles. The number of phosphoric acid groups is 1. The molecule has 0 fully saturated rings. The number of nitro groups is 1. The highest BCUT2D eigenvalue weighted by atomic mass is 31.2. The van der Waals surface area contributed by atoms with Crippen LogP contribution < -0.4 is 9.84 Å². The Morgan fingerprint density at radius 2 is 1.90 bits per heavy atom. The number of phosphoric ester groups is 1. The predicted molar refractivity (Wildman–Crippen MR) is 104 cm³/mol. The molecule has 2 unspecified atom stereocenters. The van der Waals surface area contributed by atoms with Crippen molar-refractivity contribution >= 4 is 25.6 Å². The first-order valence-corrected chi connectivity index (χ1v) is 10.3. The smallest absolute Gasteiger partial charge is 0.481 e. The molecule has 1 amide bonds. The van der Waals surface area contributed by atoms with Crippen molar-refractivity contribution < 1.29 is 43.2 Å². The van der Waals surface area contributed by atoms with Crippen molar-refractivity contribution in [2.75, 3.05) is 0 Å². The Balaban J connectivity index is 3.13. The Hall–Kier alpha value is -2.69. The fourth-order valence-electron chi connectivity index (χ4n) is 2.52. The molecule has 0 aliphatic heterocycles. The van der Waals surface area contributed by atoms with Gasteiger partial charge in [0.05, 0.1) is 10.8 Å². The molecule has 0 saturated carbocycles. The number of hydrogen-bond donors (Lipinski definition) is 4. The number of ether oxygens (including phenoxy) is 1. The van der Waals surface area contributed by atoms with E-state index in [4.69, 9.17) is 19.6 Å². The lowest BCUT2D eigenvalue weighted by molar-refractivity contribution is -0.385. The number of nitro benzene ring substituents is 1. The molecule has 13 heteroatoms. The van der Waals surface area contributed by atoms with Gasteiger partial charge in [-0.1, -0.05) is 13.0 Å². The summed E-state index contributed by atoms with van der Waals surface area (Å²) >= 11 is 0. The highest BCUT2D eigenvalue weighted by Gasteiger charge is 2.27. The molecule has 0 saturated heterocycles. The third-order valence-corrected chi connectivity index (χ3v) is 4.13. The second-order valence-electron chi connectivity index (χ2n) is 7.66. The van der Waals surface area contributed by atoms with E-state index in [1.165, 1.54) is 13.0 Å². The third-order valence-electron chi connectivity index (χ3n) is 3.70. The molecule has 0 aromatic heterocycles. The second kappa shape index (κ2) is 9.88. The SMILES string of the molecule is CC(CC(Cc1ccc(OP(=O)(O)O)c([N+](=O)[O-])c1)NC(=O)OC(C)(C)C)C(=O)O. The van der Waals surface area contributed by atoms with Crippen molar-refractivity contribution in [1.82, 2.24) is 5.32 Å². The first-order chi connectivity index (χ1) is 13.6. The zero-order valence-electron chi connectivity index (χ0n) is 16.9. The molecule has 1 aromatic rings. The van der Waals surface area contributed by atoms with Crippen LogP contribution in [0.2, 0.25) is 0 Å². The molecular weight excluding hydrogens is 423 g/mol. The summed E-state index contributed by atoms with van der Waals surface area (Å²) < 4.78 is 20.5. The molecule has 1 aromatic carbocycles. The van der Waals surface area contributed by atoms with E-state index in [0.29, 0.717) is 5.56 Å². The Morgan fingerprint density at radius 3 is 2.37 bits per heavy atom. The van der Waals surface area contributed by atoms with Crippen molar-refractivity contribution in [3.63, 3.8) is 0 Å². The number of carbonyl (C=O) groups excluding carboxylic acids is 1. The second-order valence-corrected chi connectivity index (χ2v) is 8.83. The fraction of sp³-hybridized carbons (Fsp3) is 0.529. The quantitative estimate of drug-likeness (QED) is 0.248. The van der Waals surface area contributed by atoms with E-state index in [-0.39, 0.29) is 12.8 Å². The molecule has 2 atom stereocenters. The molecule has 0 aliphatic rings. The highest BCUT2D eigenvalue weighted by Crippen LogP contribution is 2.42. The van der Waals surface area contributed by atoms with E-state index in [0.717, 1.165) is 12.1 Å². The zero-order valence-corrected chi connectivity index (χ0v) is 17.8. The van der Waals surface area contributed by atoms with Crippen molar-refractivity contribution in [3.05, 3.63) is 33.9 Å². The number of alkyl carbamates (subject to hydrolysis) is 1. The monoisotopic (exact) mass is 448 g/mol. The van der Waals surface area contributed by atoms with Crippen LogP contribution in [0.25, 0.3) is 0 Å². The topological polar surface area (TPSA) is 186 Å². The van der Waals surface area contributed by atoms with E-state index in [1.807, 2.05) is 0 Å². The largest absolute Gasteiger partial charge is 0.525 e. The summed E-state index contributed by atoms with van der Waals surface area (Å²) in [5, 5.41) is 23.0. The molecule has 168 valence electrons.